The van der Waals surface area contributed by atoms with Crippen LogP contribution in [-0.4, -0.2) is 123 Å². The predicted molar refractivity (Wildman–Crippen MR) is 496 cm³/mol. The summed E-state index contributed by atoms with van der Waals surface area (Å²) >= 11 is 0. The molecule has 23 rings (SSSR count). The molecule has 5 spiro atoms. The molecular weight excluding hydrogens is 1620 g/mol. The van der Waals surface area contributed by atoms with Crippen LogP contribution in [0.5, 0.6) is 0 Å². The molecule has 0 N–H and O–H groups in total. The van der Waals surface area contributed by atoms with Gasteiger partial charge in [-0.25, -0.2) is 0 Å². The lowest BCUT2D eigenvalue weighted by Crippen LogP contribution is -2.46. The Hall–Kier alpha value is -5.30. The highest BCUT2D eigenvalue weighted by Gasteiger charge is 2.76. The summed E-state index contributed by atoms with van der Waals surface area (Å²) in [7, 11) is 0. The molecule has 23 fully saturated rings. The maximum atomic E-state index is 12.6. The van der Waals surface area contributed by atoms with E-state index in [-0.39, 0.29) is 226 Å². The van der Waals surface area contributed by atoms with Crippen molar-refractivity contribution in [1.29, 1.82) is 0 Å². The standard InChI is InChI=1S/3C21H30O4.C20H28O4.C15H22O4.10CH4/c1-4-20(2,3)19(23)25-15-7-11-5-13(15)17-12-6-14(18(11)17)21(8-12)9-16(22)24-10-21;1-4-20(2,3)19(23)25-15-7-11-5-13(15)18-14-6-12(17(11)18)8-21(14)9-16(22)24-10-21;1-4-20(2,3)18(22)25-15-9-11-7-13(15)16-12-8-14(17(11)16)21(10-12)5-6-24-19(21)23;1-3-10(2)19(22)24-15-6-11-4-13(15)18-14-5-12(17(11)18)7-20(14)8-16(21)23-9-20;1-3-9(2)13(16)19-12-7-10-6-11(12)15(8-10)4-5-18-14(15)17;;;;;;;;;;/h2*11-15,17-18H,4-10H2,1-3H3;11-17H,4-10H2,1-3H3;10-15,17-18H,3-9H2,1-2H3;9-12H,3-8H2,1-2H3;10*1H4. The Balaban J connectivity index is 0.000000178. The zero-order chi connectivity index (χ0) is 82.9. The average Bonchev–Trinajstić information content (AvgIpc) is 1.54. The molecule has 5 saturated heterocycles. The number of ether oxygens (including phenoxy) is 10. The van der Waals surface area contributed by atoms with Gasteiger partial charge in [0.1, 0.15) is 30.5 Å². The van der Waals surface area contributed by atoms with Gasteiger partial charge in [-0.3, -0.25) is 47.9 Å². The summed E-state index contributed by atoms with van der Waals surface area (Å²) in [6.07, 6.45) is 29.8. The molecule has 732 valence electrons. The van der Waals surface area contributed by atoms with E-state index in [1.807, 2.05) is 76.2 Å². The smallest absolute Gasteiger partial charge is 0.312 e. The first-order chi connectivity index (χ1) is 56.1. The molecule has 0 radical (unpaired) electrons. The largest absolute Gasteiger partial charge is 0.465 e. The maximum Gasteiger partial charge on any atom is 0.312 e. The van der Waals surface area contributed by atoms with Crippen molar-refractivity contribution in [3.05, 3.63) is 0 Å². The summed E-state index contributed by atoms with van der Waals surface area (Å²) in [4.78, 5) is 122. The average molecular weight is 1800 g/mol. The summed E-state index contributed by atoms with van der Waals surface area (Å²) in [5, 5.41) is 0. The van der Waals surface area contributed by atoms with Gasteiger partial charge in [-0.2, -0.15) is 0 Å². The first-order valence-corrected chi connectivity index (χ1v) is 48.0. The number of cyclic esters (lactones) is 5. The molecule has 0 aromatic carbocycles. The number of hydrogen-bond acceptors (Lipinski definition) is 20. The van der Waals surface area contributed by atoms with Crippen LogP contribution < -0.4 is 0 Å². The minimum atomic E-state index is -0.386. The number of fused-ring (bicyclic) bond motifs is 43. The Morgan fingerprint density at radius 1 is 0.328 bits per heavy atom. The minimum Gasteiger partial charge on any atom is -0.465 e. The zero-order valence-corrected chi connectivity index (χ0v) is 73.3. The van der Waals surface area contributed by atoms with Crippen LogP contribution >= 0.6 is 0 Å². The third kappa shape index (κ3) is 16.5. The van der Waals surface area contributed by atoms with Gasteiger partial charge in [0.15, 0.2) is 0 Å². The van der Waals surface area contributed by atoms with Gasteiger partial charge in [-0.15, -0.1) is 0 Å². The van der Waals surface area contributed by atoms with Crippen molar-refractivity contribution < 1.29 is 95.3 Å². The Bertz CT molecular complexity index is 4030. The molecule has 23 aliphatic rings. The molecule has 18 aliphatic carbocycles. The molecule has 128 heavy (non-hydrogen) atoms. The topological polar surface area (TPSA) is 263 Å². The van der Waals surface area contributed by atoms with Crippen LogP contribution in [0.25, 0.3) is 0 Å². The van der Waals surface area contributed by atoms with Crippen LogP contribution in [0, 0.1) is 209 Å². The zero-order valence-electron chi connectivity index (χ0n) is 73.3. The van der Waals surface area contributed by atoms with Gasteiger partial charge >= 0.3 is 59.7 Å². The van der Waals surface area contributed by atoms with Gasteiger partial charge in [-0.05, 0) is 356 Å². The predicted octanol–water partition coefficient (Wildman–Crippen LogP) is 22.6. The fraction of sp³-hybridized carbons (Fsp3) is 0.907. The number of hydrogen-bond donors (Lipinski definition) is 0. The third-order valence-corrected chi connectivity index (χ3v) is 40.3. The van der Waals surface area contributed by atoms with Crippen LogP contribution in [0.2, 0.25) is 0 Å². The molecule has 20 nitrogen and oxygen atoms in total. The van der Waals surface area contributed by atoms with Gasteiger partial charge in [0.05, 0.1) is 91.2 Å². The van der Waals surface area contributed by atoms with E-state index in [0.717, 1.165) is 156 Å². The van der Waals surface area contributed by atoms with Crippen LogP contribution in [0.15, 0.2) is 0 Å². The summed E-state index contributed by atoms with van der Waals surface area (Å²) in [5.41, 5.74) is -1.22. The van der Waals surface area contributed by atoms with Crippen molar-refractivity contribution in [3.63, 3.8) is 0 Å². The lowest BCUT2D eigenvalue weighted by molar-refractivity contribution is -0.166. The van der Waals surface area contributed by atoms with E-state index >= 15 is 0 Å². The lowest BCUT2D eigenvalue weighted by atomic mass is 9.60. The third-order valence-electron chi connectivity index (χ3n) is 40.3. The van der Waals surface area contributed by atoms with Crippen molar-refractivity contribution in [1.82, 2.24) is 0 Å². The fourth-order valence-electron chi connectivity index (χ4n) is 33.8. The second-order valence-electron chi connectivity index (χ2n) is 46.4. The Labute approximate surface area is 773 Å². The summed E-state index contributed by atoms with van der Waals surface area (Å²) in [5.74, 6) is 16.8. The molecule has 38 atom stereocenters. The van der Waals surface area contributed by atoms with Crippen LogP contribution in [0.3, 0.4) is 0 Å². The molecule has 0 aromatic heterocycles. The van der Waals surface area contributed by atoms with E-state index in [1.165, 1.54) is 64.2 Å². The Morgan fingerprint density at radius 3 is 0.961 bits per heavy atom. The van der Waals surface area contributed by atoms with E-state index in [2.05, 4.69) is 13.8 Å². The van der Waals surface area contributed by atoms with Crippen molar-refractivity contribution in [2.75, 3.05) is 33.0 Å². The van der Waals surface area contributed by atoms with Crippen molar-refractivity contribution >= 4 is 59.7 Å². The highest BCUT2D eigenvalue weighted by atomic mass is 16.6. The van der Waals surface area contributed by atoms with E-state index < -0.39 is 0 Å². The molecule has 18 saturated carbocycles. The monoisotopic (exact) mass is 1800 g/mol. The number of carbonyl (C=O) groups excluding carboxylic acids is 10. The first kappa shape index (κ1) is 106. The molecule has 5 aliphatic heterocycles. The van der Waals surface area contributed by atoms with Gasteiger partial charge in [0.25, 0.3) is 0 Å². The van der Waals surface area contributed by atoms with Gasteiger partial charge in [-0.1, -0.05) is 123 Å². The summed E-state index contributed by atoms with van der Waals surface area (Å²) in [6.45, 7) is 29.1. The molecule has 18 bridgehead atoms. The normalized spacial score (nSPS) is 45.0. The SMILES string of the molecule is C.C.C.C.C.C.C.C.C.C.CCC(C)(C)C(=O)OC1CC2CC1C1C2C2CC1C1(COC(=O)C1)C2.CCC(C)(C)C(=O)OC1CC2CC1C1C3CC(C21)C1(CCOC1=O)C3.CCC(C)(C)C(=O)OC1CC2CC1C1C3CC(C21)C1(COC(=O)C1)C3.CCC(C)C(=O)OC1CC2CC1C1(CCOC1=O)C2.CCC(C)C(=O)OC1CC2CC1C1C2C2CC1C1(COC(=O)C1)C2. The number of esters is 10. The van der Waals surface area contributed by atoms with E-state index in [4.69, 9.17) is 47.4 Å². The van der Waals surface area contributed by atoms with Gasteiger partial charge in [0, 0.05) is 22.2 Å². The van der Waals surface area contributed by atoms with E-state index in [0.29, 0.717) is 147 Å². The van der Waals surface area contributed by atoms with Crippen LogP contribution in [-0.2, 0) is 95.3 Å². The van der Waals surface area contributed by atoms with Crippen molar-refractivity contribution in [3.8, 4) is 0 Å². The highest BCUT2D eigenvalue weighted by Crippen LogP contribution is 2.78. The van der Waals surface area contributed by atoms with Gasteiger partial charge < -0.3 is 47.4 Å². The van der Waals surface area contributed by atoms with Crippen LogP contribution in [0.4, 0.5) is 0 Å². The summed E-state index contributed by atoms with van der Waals surface area (Å²) in [6, 6.07) is 0. The first-order valence-electron chi connectivity index (χ1n) is 48.0. The van der Waals surface area contributed by atoms with Gasteiger partial charge in [0.2, 0.25) is 0 Å². The second-order valence-corrected chi connectivity index (χ2v) is 46.4. The molecule has 0 aromatic rings. The molecule has 20 heteroatoms. The highest BCUT2D eigenvalue weighted by molar-refractivity contribution is 5.82. The lowest BCUT2D eigenvalue weighted by Gasteiger charge is -2.45. The maximum absolute atomic E-state index is 12.6. The molecule has 0 amide bonds. The van der Waals surface area contributed by atoms with Crippen molar-refractivity contribution in [2.24, 2.45) is 209 Å². The molecular formula is C108H180O20. The number of rotatable bonds is 15. The van der Waals surface area contributed by atoms with E-state index in [1.54, 1.807) is 0 Å². The van der Waals surface area contributed by atoms with Crippen molar-refractivity contribution in [2.45, 2.75) is 381 Å². The fourth-order valence-corrected chi connectivity index (χ4v) is 33.8. The molecule has 5 heterocycles. The second kappa shape index (κ2) is 38.1. The minimum absolute atomic E-state index is 0. The Kier molecular flexibility index (Phi) is 31.7. The number of carbonyl (C=O) groups is 10. The van der Waals surface area contributed by atoms with E-state index in [9.17, 15) is 47.9 Å². The quantitative estimate of drug-likeness (QED) is 0.0838. The summed E-state index contributed by atoms with van der Waals surface area (Å²) < 4.78 is 56.5. The molecule has 38 unspecified atom stereocenters. The Morgan fingerprint density at radius 2 is 0.633 bits per heavy atom. The van der Waals surface area contributed by atoms with Crippen LogP contribution in [0.1, 0.15) is 350 Å².